The van der Waals surface area contributed by atoms with E-state index in [0.29, 0.717) is 26.3 Å². The van der Waals surface area contributed by atoms with Crippen molar-refractivity contribution in [1.29, 1.82) is 0 Å². The number of nitrogens with zero attached hydrogens (tertiary/aromatic N) is 2. The number of benzene rings is 1. The van der Waals surface area contributed by atoms with Crippen molar-refractivity contribution in [2.24, 2.45) is 0 Å². The predicted octanol–water partition coefficient (Wildman–Crippen LogP) is 0.428. The number of likely N-dealkylation sites (tertiary alicyclic amines) is 1. The van der Waals surface area contributed by atoms with E-state index in [1.54, 1.807) is 0 Å². The molecule has 2 heterocycles. The van der Waals surface area contributed by atoms with Crippen molar-refractivity contribution in [3.63, 3.8) is 0 Å². The van der Waals surface area contributed by atoms with Crippen LogP contribution < -0.4 is 4.72 Å². The van der Waals surface area contributed by atoms with E-state index in [1.165, 1.54) is 9.87 Å². The first-order valence-corrected chi connectivity index (χ1v) is 9.19. The first kappa shape index (κ1) is 15.9. The highest BCUT2D eigenvalue weighted by atomic mass is 32.2. The summed E-state index contributed by atoms with van der Waals surface area (Å²) in [5, 5.41) is 0. The molecule has 7 heteroatoms. The second-order valence-corrected chi connectivity index (χ2v) is 7.54. The molecule has 1 aromatic rings. The smallest absolute Gasteiger partial charge is 0.279 e. The average molecular weight is 325 g/mol. The number of morpholine rings is 1. The summed E-state index contributed by atoms with van der Waals surface area (Å²) in [6.07, 6.45) is 0.858. The van der Waals surface area contributed by atoms with Crippen molar-refractivity contribution >= 4 is 10.2 Å². The van der Waals surface area contributed by atoms with Crippen LogP contribution in [0.5, 0.6) is 0 Å². The lowest BCUT2D eigenvalue weighted by Crippen LogP contribution is -2.50. The van der Waals surface area contributed by atoms with E-state index >= 15 is 0 Å². The predicted molar refractivity (Wildman–Crippen MR) is 84.6 cm³/mol. The Labute approximate surface area is 132 Å². The summed E-state index contributed by atoms with van der Waals surface area (Å²) in [4.78, 5) is 2.29. The van der Waals surface area contributed by atoms with Crippen LogP contribution >= 0.6 is 0 Å². The maximum Gasteiger partial charge on any atom is 0.279 e. The van der Waals surface area contributed by atoms with Gasteiger partial charge in [0.05, 0.1) is 13.2 Å². The van der Waals surface area contributed by atoms with E-state index in [1.807, 2.05) is 18.2 Å². The summed E-state index contributed by atoms with van der Waals surface area (Å²) in [7, 11) is -3.39. The summed E-state index contributed by atoms with van der Waals surface area (Å²) in [5.41, 5.74) is 1.26. The number of nitrogens with one attached hydrogen (secondary N) is 1. The molecule has 0 saturated carbocycles. The summed E-state index contributed by atoms with van der Waals surface area (Å²) in [6.45, 7) is 4.39. The van der Waals surface area contributed by atoms with Gasteiger partial charge in [0, 0.05) is 38.8 Å². The molecule has 3 rings (SSSR count). The minimum atomic E-state index is -3.39. The number of rotatable bonds is 5. The Hall–Kier alpha value is -0.990. The van der Waals surface area contributed by atoms with Crippen LogP contribution in [0.3, 0.4) is 0 Å². The highest BCUT2D eigenvalue weighted by molar-refractivity contribution is 7.87. The molecule has 0 amide bonds. The van der Waals surface area contributed by atoms with Gasteiger partial charge in [0.2, 0.25) is 0 Å². The first-order valence-electron chi connectivity index (χ1n) is 7.75. The van der Waals surface area contributed by atoms with Gasteiger partial charge in [0.1, 0.15) is 0 Å². The van der Waals surface area contributed by atoms with Crippen LogP contribution in [-0.4, -0.2) is 63.1 Å². The van der Waals surface area contributed by atoms with Gasteiger partial charge in [-0.1, -0.05) is 30.3 Å². The topological polar surface area (TPSA) is 61.9 Å². The summed E-state index contributed by atoms with van der Waals surface area (Å²) >= 11 is 0. The zero-order chi connectivity index (χ0) is 15.4. The minimum Gasteiger partial charge on any atom is -0.379 e. The second kappa shape index (κ2) is 7.06. The van der Waals surface area contributed by atoms with E-state index in [9.17, 15) is 8.42 Å². The van der Waals surface area contributed by atoms with Gasteiger partial charge in [-0.2, -0.15) is 17.4 Å². The summed E-state index contributed by atoms with van der Waals surface area (Å²) in [6, 6.07) is 10.3. The van der Waals surface area contributed by atoms with Crippen LogP contribution in [-0.2, 0) is 21.5 Å². The third-order valence-electron chi connectivity index (χ3n) is 4.15. The van der Waals surface area contributed by atoms with E-state index < -0.39 is 10.2 Å². The number of hydrogen-bond acceptors (Lipinski definition) is 4. The van der Waals surface area contributed by atoms with Gasteiger partial charge in [-0.15, -0.1) is 0 Å². The van der Waals surface area contributed by atoms with Crippen LogP contribution in [0.1, 0.15) is 12.0 Å². The highest BCUT2D eigenvalue weighted by Gasteiger charge is 2.30. The van der Waals surface area contributed by atoms with E-state index in [-0.39, 0.29) is 6.04 Å². The number of ether oxygens (including phenoxy) is 1. The van der Waals surface area contributed by atoms with Crippen molar-refractivity contribution in [3.8, 4) is 0 Å². The molecule has 0 spiro atoms. The van der Waals surface area contributed by atoms with Crippen LogP contribution in [0.4, 0.5) is 0 Å². The van der Waals surface area contributed by atoms with Crippen molar-refractivity contribution in [1.82, 2.24) is 13.9 Å². The fraction of sp³-hybridized carbons (Fsp3) is 0.600. The molecular weight excluding hydrogens is 302 g/mol. The normalized spacial score (nSPS) is 24.6. The third-order valence-corrected chi connectivity index (χ3v) is 5.82. The first-order chi connectivity index (χ1) is 10.6. The van der Waals surface area contributed by atoms with Gasteiger partial charge in [0.15, 0.2) is 0 Å². The molecule has 1 aromatic carbocycles. The molecule has 2 aliphatic heterocycles. The molecule has 122 valence electrons. The Balaban J connectivity index is 1.52. The van der Waals surface area contributed by atoms with E-state index in [2.05, 4.69) is 21.8 Å². The molecule has 0 aliphatic carbocycles. The lowest BCUT2D eigenvalue weighted by molar-refractivity contribution is 0.0723. The summed E-state index contributed by atoms with van der Waals surface area (Å²) in [5.74, 6) is 0. The minimum absolute atomic E-state index is 0.00319. The van der Waals surface area contributed by atoms with Gasteiger partial charge >= 0.3 is 0 Å². The average Bonchev–Trinajstić information content (AvgIpc) is 2.95. The molecule has 2 fully saturated rings. The Morgan fingerprint density at radius 3 is 2.59 bits per heavy atom. The zero-order valence-corrected chi connectivity index (χ0v) is 13.5. The molecule has 0 radical (unpaired) electrons. The Kier molecular flexibility index (Phi) is 5.10. The standard InChI is InChI=1S/C15H23N3O3S/c19-22(20,18-8-10-21-11-9-18)16-15-6-7-17(13-15)12-14-4-2-1-3-5-14/h1-5,15-16H,6-13H2. The lowest BCUT2D eigenvalue weighted by atomic mass is 10.2. The Bertz CT molecular complexity index is 573. The quantitative estimate of drug-likeness (QED) is 0.853. The van der Waals surface area contributed by atoms with Crippen LogP contribution in [0.2, 0.25) is 0 Å². The molecule has 1 atom stereocenters. The highest BCUT2D eigenvalue weighted by Crippen LogP contribution is 2.15. The summed E-state index contributed by atoms with van der Waals surface area (Å²) < 4.78 is 34.2. The van der Waals surface area contributed by atoms with E-state index in [0.717, 1.165) is 26.1 Å². The van der Waals surface area contributed by atoms with Crippen molar-refractivity contribution in [3.05, 3.63) is 35.9 Å². The lowest BCUT2D eigenvalue weighted by Gasteiger charge is -2.27. The van der Waals surface area contributed by atoms with Gasteiger partial charge in [-0.3, -0.25) is 4.90 Å². The van der Waals surface area contributed by atoms with Gasteiger partial charge in [-0.25, -0.2) is 0 Å². The Morgan fingerprint density at radius 1 is 1.14 bits per heavy atom. The van der Waals surface area contributed by atoms with Crippen LogP contribution in [0, 0.1) is 0 Å². The third kappa shape index (κ3) is 4.05. The molecule has 1 N–H and O–H groups in total. The maximum atomic E-state index is 12.3. The van der Waals surface area contributed by atoms with Gasteiger partial charge < -0.3 is 4.74 Å². The molecule has 22 heavy (non-hydrogen) atoms. The molecule has 0 aromatic heterocycles. The monoisotopic (exact) mass is 325 g/mol. The Morgan fingerprint density at radius 2 is 1.86 bits per heavy atom. The number of hydrogen-bond donors (Lipinski definition) is 1. The fourth-order valence-corrected chi connectivity index (χ4v) is 4.38. The SMILES string of the molecule is O=S(=O)(NC1CCN(Cc2ccccc2)C1)N1CCOCC1. The van der Waals surface area contributed by atoms with Gasteiger partial charge in [-0.05, 0) is 12.0 Å². The molecular formula is C15H23N3O3S. The van der Waals surface area contributed by atoms with Crippen molar-refractivity contribution < 1.29 is 13.2 Å². The van der Waals surface area contributed by atoms with Gasteiger partial charge in [0.25, 0.3) is 10.2 Å². The molecule has 2 aliphatic rings. The largest absolute Gasteiger partial charge is 0.379 e. The molecule has 2 saturated heterocycles. The molecule has 6 nitrogen and oxygen atoms in total. The van der Waals surface area contributed by atoms with Crippen molar-refractivity contribution in [2.75, 3.05) is 39.4 Å². The second-order valence-electron chi connectivity index (χ2n) is 5.84. The van der Waals surface area contributed by atoms with Crippen molar-refractivity contribution in [2.45, 2.75) is 19.0 Å². The van der Waals surface area contributed by atoms with E-state index in [4.69, 9.17) is 4.74 Å². The molecule has 1 unspecified atom stereocenters. The fourth-order valence-electron chi connectivity index (χ4n) is 2.99. The van der Waals surface area contributed by atoms with Crippen LogP contribution in [0.25, 0.3) is 0 Å². The maximum absolute atomic E-state index is 12.3. The van der Waals surface area contributed by atoms with Crippen LogP contribution in [0.15, 0.2) is 30.3 Å². The zero-order valence-electron chi connectivity index (χ0n) is 12.6. The molecule has 0 bridgehead atoms.